The first kappa shape index (κ1) is 13.3. The standard InChI is InChI=1S/C15H23FN2/c1-3-17-12(2)5-4-9-18-10-8-13-6-7-14(16)11-15(13)18/h6-7,11-12,17H,3-5,8-10H2,1-2H3. The lowest BCUT2D eigenvalue weighted by atomic mass is 10.1. The van der Waals surface area contributed by atoms with E-state index in [9.17, 15) is 4.39 Å². The van der Waals surface area contributed by atoms with E-state index in [2.05, 4.69) is 24.1 Å². The Bertz CT molecular complexity index is 392. The van der Waals surface area contributed by atoms with E-state index in [1.807, 2.05) is 6.07 Å². The molecule has 0 saturated heterocycles. The molecule has 0 aromatic heterocycles. The molecule has 1 aliphatic rings. The van der Waals surface area contributed by atoms with Crippen LogP contribution in [0.15, 0.2) is 18.2 Å². The highest BCUT2D eigenvalue weighted by molar-refractivity contribution is 5.58. The highest BCUT2D eigenvalue weighted by Crippen LogP contribution is 2.28. The molecule has 2 rings (SSSR count). The van der Waals surface area contributed by atoms with Gasteiger partial charge in [-0.25, -0.2) is 4.39 Å². The molecule has 0 amide bonds. The normalized spacial score (nSPS) is 15.8. The van der Waals surface area contributed by atoms with Crippen LogP contribution >= 0.6 is 0 Å². The predicted molar refractivity (Wildman–Crippen MR) is 74.7 cm³/mol. The molecule has 18 heavy (non-hydrogen) atoms. The van der Waals surface area contributed by atoms with E-state index < -0.39 is 0 Å². The second kappa shape index (κ2) is 6.19. The summed E-state index contributed by atoms with van der Waals surface area (Å²) in [7, 11) is 0. The van der Waals surface area contributed by atoms with Crippen LogP contribution in [-0.2, 0) is 6.42 Å². The lowest BCUT2D eigenvalue weighted by molar-refractivity contribution is 0.511. The van der Waals surface area contributed by atoms with Crippen LogP contribution < -0.4 is 10.2 Å². The third-order valence-electron chi connectivity index (χ3n) is 3.66. The van der Waals surface area contributed by atoms with Crippen molar-refractivity contribution in [2.75, 3.05) is 24.5 Å². The van der Waals surface area contributed by atoms with Crippen LogP contribution in [0.3, 0.4) is 0 Å². The zero-order valence-corrected chi connectivity index (χ0v) is 11.4. The zero-order valence-electron chi connectivity index (χ0n) is 11.4. The molecule has 0 saturated carbocycles. The van der Waals surface area contributed by atoms with E-state index >= 15 is 0 Å². The van der Waals surface area contributed by atoms with Crippen molar-refractivity contribution in [3.05, 3.63) is 29.6 Å². The monoisotopic (exact) mass is 250 g/mol. The highest BCUT2D eigenvalue weighted by atomic mass is 19.1. The first-order valence-corrected chi connectivity index (χ1v) is 6.97. The minimum Gasteiger partial charge on any atom is -0.371 e. The number of fused-ring (bicyclic) bond motifs is 1. The average Bonchev–Trinajstić information content (AvgIpc) is 2.72. The molecule has 0 spiro atoms. The van der Waals surface area contributed by atoms with Crippen LogP contribution in [0.2, 0.25) is 0 Å². The van der Waals surface area contributed by atoms with Crippen LogP contribution in [0, 0.1) is 5.82 Å². The van der Waals surface area contributed by atoms with Gasteiger partial charge in [0.1, 0.15) is 5.82 Å². The SMILES string of the molecule is CCNC(C)CCCN1CCc2ccc(F)cc21. The van der Waals surface area contributed by atoms with Gasteiger partial charge in [0.25, 0.3) is 0 Å². The lowest BCUT2D eigenvalue weighted by Gasteiger charge is -2.20. The minimum absolute atomic E-state index is 0.123. The number of hydrogen-bond donors (Lipinski definition) is 1. The summed E-state index contributed by atoms with van der Waals surface area (Å²) >= 11 is 0. The van der Waals surface area contributed by atoms with Crippen LogP contribution in [0.25, 0.3) is 0 Å². The van der Waals surface area contributed by atoms with Gasteiger partial charge in [0, 0.05) is 24.8 Å². The Hall–Kier alpha value is -1.09. The molecular weight excluding hydrogens is 227 g/mol. The smallest absolute Gasteiger partial charge is 0.125 e. The average molecular weight is 250 g/mol. The van der Waals surface area contributed by atoms with Gasteiger partial charge < -0.3 is 10.2 Å². The highest BCUT2D eigenvalue weighted by Gasteiger charge is 2.19. The zero-order chi connectivity index (χ0) is 13.0. The van der Waals surface area contributed by atoms with E-state index in [0.29, 0.717) is 6.04 Å². The van der Waals surface area contributed by atoms with Gasteiger partial charge in [-0.1, -0.05) is 13.0 Å². The maximum absolute atomic E-state index is 13.2. The summed E-state index contributed by atoms with van der Waals surface area (Å²) in [5.74, 6) is -0.123. The van der Waals surface area contributed by atoms with Crippen molar-refractivity contribution in [2.24, 2.45) is 0 Å². The molecule has 1 N–H and O–H groups in total. The molecule has 0 bridgehead atoms. The van der Waals surface area contributed by atoms with Crippen molar-refractivity contribution in [1.82, 2.24) is 5.32 Å². The molecule has 1 heterocycles. The number of nitrogens with zero attached hydrogens (tertiary/aromatic N) is 1. The molecule has 0 fully saturated rings. The van der Waals surface area contributed by atoms with Crippen molar-refractivity contribution in [2.45, 2.75) is 39.2 Å². The number of benzene rings is 1. The number of nitrogens with one attached hydrogen (secondary N) is 1. The van der Waals surface area contributed by atoms with Crippen molar-refractivity contribution < 1.29 is 4.39 Å². The summed E-state index contributed by atoms with van der Waals surface area (Å²) in [6.07, 6.45) is 3.39. The summed E-state index contributed by atoms with van der Waals surface area (Å²) in [6.45, 7) is 7.45. The Kier molecular flexibility index (Phi) is 4.59. The molecule has 2 nitrogen and oxygen atoms in total. The van der Waals surface area contributed by atoms with Gasteiger partial charge >= 0.3 is 0 Å². The number of rotatable bonds is 6. The van der Waals surface area contributed by atoms with Gasteiger partial charge in [-0.3, -0.25) is 0 Å². The third kappa shape index (κ3) is 3.22. The van der Waals surface area contributed by atoms with Crippen LogP contribution in [0.4, 0.5) is 10.1 Å². The second-order valence-corrected chi connectivity index (χ2v) is 5.11. The summed E-state index contributed by atoms with van der Waals surface area (Å²) < 4.78 is 13.2. The maximum atomic E-state index is 13.2. The topological polar surface area (TPSA) is 15.3 Å². The summed E-state index contributed by atoms with van der Waals surface area (Å²) in [4.78, 5) is 2.32. The van der Waals surface area contributed by atoms with Gasteiger partial charge in [-0.05, 0) is 50.4 Å². The lowest BCUT2D eigenvalue weighted by Crippen LogP contribution is -2.28. The van der Waals surface area contributed by atoms with E-state index in [1.54, 1.807) is 12.1 Å². The molecule has 3 heteroatoms. The van der Waals surface area contributed by atoms with Crippen LogP contribution in [-0.4, -0.2) is 25.7 Å². The third-order valence-corrected chi connectivity index (χ3v) is 3.66. The number of hydrogen-bond acceptors (Lipinski definition) is 2. The molecular formula is C15H23FN2. The molecule has 1 aromatic carbocycles. The van der Waals surface area contributed by atoms with Gasteiger partial charge in [-0.15, -0.1) is 0 Å². The molecule has 1 atom stereocenters. The first-order valence-electron chi connectivity index (χ1n) is 6.97. The first-order chi connectivity index (χ1) is 8.70. The summed E-state index contributed by atoms with van der Waals surface area (Å²) in [5, 5.41) is 3.42. The van der Waals surface area contributed by atoms with E-state index in [-0.39, 0.29) is 5.82 Å². The Labute approximate surface area is 109 Å². The molecule has 0 aliphatic carbocycles. The Balaban J connectivity index is 1.84. The van der Waals surface area contributed by atoms with Gasteiger partial charge in [0.15, 0.2) is 0 Å². The molecule has 100 valence electrons. The van der Waals surface area contributed by atoms with Gasteiger partial charge in [0.05, 0.1) is 0 Å². The van der Waals surface area contributed by atoms with E-state index in [4.69, 9.17) is 0 Å². The van der Waals surface area contributed by atoms with Crippen LogP contribution in [0.1, 0.15) is 32.3 Å². The largest absolute Gasteiger partial charge is 0.371 e. The van der Waals surface area contributed by atoms with Crippen molar-refractivity contribution in [3.63, 3.8) is 0 Å². The fourth-order valence-corrected chi connectivity index (χ4v) is 2.69. The number of anilines is 1. The minimum atomic E-state index is -0.123. The Morgan fingerprint density at radius 2 is 2.28 bits per heavy atom. The Morgan fingerprint density at radius 3 is 3.06 bits per heavy atom. The van der Waals surface area contributed by atoms with Crippen LogP contribution in [0.5, 0.6) is 0 Å². The van der Waals surface area contributed by atoms with E-state index in [0.717, 1.165) is 38.2 Å². The fourth-order valence-electron chi connectivity index (χ4n) is 2.69. The summed E-state index contributed by atoms with van der Waals surface area (Å²) in [6, 6.07) is 5.74. The molecule has 1 aromatic rings. The predicted octanol–water partition coefficient (Wildman–Crippen LogP) is 2.97. The maximum Gasteiger partial charge on any atom is 0.125 e. The quantitative estimate of drug-likeness (QED) is 0.835. The fraction of sp³-hybridized carbons (Fsp3) is 0.600. The van der Waals surface area contributed by atoms with Crippen molar-refractivity contribution >= 4 is 5.69 Å². The van der Waals surface area contributed by atoms with Gasteiger partial charge in [0.2, 0.25) is 0 Å². The second-order valence-electron chi connectivity index (χ2n) is 5.11. The van der Waals surface area contributed by atoms with Crippen molar-refractivity contribution in [1.29, 1.82) is 0 Å². The van der Waals surface area contributed by atoms with Gasteiger partial charge in [-0.2, -0.15) is 0 Å². The Morgan fingerprint density at radius 1 is 1.44 bits per heavy atom. The molecule has 1 unspecified atom stereocenters. The molecule has 0 radical (unpaired) electrons. The molecule has 1 aliphatic heterocycles. The summed E-state index contributed by atoms with van der Waals surface area (Å²) in [5.41, 5.74) is 2.39. The van der Waals surface area contributed by atoms with Crippen molar-refractivity contribution in [3.8, 4) is 0 Å². The van der Waals surface area contributed by atoms with E-state index in [1.165, 1.54) is 12.0 Å². The number of halogens is 1.